The first kappa shape index (κ1) is 19.5. The van der Waals surface area contributed by atoms with E-state index in [9.17, 15) is 17.2 Å². The van der Waals surface area contributed by atoms with Crippen molar-refractivity contribution < 1.29 is 17.2 Å². The largest absolute Gasteiger partial charge is 0.323 e. The average Bonchev–Trinajstić information content (AvgIpc) is 3.01. The van der Waals surface area contributed by atoms with E-state index in [1.54, 1.807) is 0 Å². The van der Waals surface area contributed by atoms with Gasteiger partial charge in [-0.15, -0.1) is 0 Å². The lowest BCUT2D eigenvalue weighted by Gasteiger charge is -2.14. The van der Waals surface area contributed by atoms with Crippen LogP contribution in [0, 0.1) is 0 Å². The van der Waals surface area contributed by atoms with Crippen molar-refractivity contribution in [2.45, 2.75) is 43.7 Å². The summed E-state index contributed by atoms with van der Waals surface area (Å²) >= 11 is 0. The highest BCUT2D eigenvalue weighted by atomic mass is 32.2. The van der Waals surface area contributed by atoms with Crippen molar-refractivity contribution >= 4 is 10.0 Å². The number of alkyl halides is 2. The highest BCUT2D eigenvalue weighted by Crippen LogP contribution is 2.18. The molecule has 1 heterocycles. The molecule has 1 aromatic carbocycles. The zero-order chi connectivity index (χ0) is 18.6. The van der Waals surface area contributed by atoms with Gasteiger partial charge in [0.2, 0.25) is 10.0 Å². The van der Waals surface area contributed by atoms with Crippen molar-refractivity contribution in [2.75, 3.05) is 6.54 Å². The molecule has 9 heteroatoms. The van der Waals surface area contributed by atoms with Gasteiger partial charge >= 0.3 is 0 Å². The topological polar surface area (TPSA) is 90.0 Å². The maximum atomic E-state index is 12.3. The fourth-order valence-electron chi connectivity index (χ4n) is 2.25. The Hall–Kier alpha value is -1.84. The lowest BCUT2D eigenvalue weighted by atomic mass is 9.99. The number of halogens is 2. The van der Waals surface area contributed by atoms with Crippen LogP contribution in [0.25, 0.3) is 0 Å². The third-order valence-corrected chi connectivity index (χ3v) is 5.15. The SMILES string of the molecule is CC(C)c1ccc(C(N)CNS(=O)(=O)c2cnn(CC(F)F)c2)cc1. The third-order valence-electron chi connectivity index (χ3n) is 3.77. The smallest absolute Gasteiger partial charge is 0.257 e. The summed E-state index contributed by atoms with van der Waals surface area (Å²) in [5.74, 6) is 0.397. The van der Waals surface area contributed by atoms with Gasteiger partial charge in [-0.2, -0.15) is 5.10 Å². The molecule has 0 bridgehead atoms. The van der Waals surface area contributed by atoms with Gasteiger partial charge in [-0.25, -0.2) is 21.9 Å². The minimum atomic E-state index is -3.86. The van der Waals surface area contributed by atoms with E-state index in [0.29, 0.717) is 5.92 Å². The molecular formula is C16H22F2N4O2S. The van der Waals surface area contributed by atoms with Crippen LogP contribution in [0.15, 0.2) is 41.6 Å². The molecule has 1 aromatic heterocycles. The van der Waals surface area contributed by atoms with Gasteiger partial charge in [-0.1, -0.05) is 38.1 Å². The Morgan fingerprint density at radius 3 is 2.36 bits per heavy atom. The Balaban J connectivity index is 1.99. The molecule has 1 unspecified atom stereocenters. The summed E-state index contributed by atoms with van der Waals surface area (Å²) in [6.45, 7) is 3.50. The van der Waals surface area contributed by atoms with Crippen molar-refractivity contribution in [3.05, 3.63) is 47.8 Å². The molecule has 138 valence electrons. The Kier molecular flexibility index (Phi) is 6.26. The molecule has 0 aliphatic heterocycles. The van der Waals surface area contributed by atoms with Gasteiger partial charge in [-0.3, -0.25) is 4.68 Å². The van der Waals surface area contributed by atoms with E-state index in [1.165, 1.54) is 5.56 Å². The number of nitrogens with zero attached hydrogens (tertiary/aromatic N) is 2. The molecule has 3 N–H and O–H groups in total. The Bertz CT molecular complexity index is 789. The molecule has 2 rings (SSSR count). The molecule has 0 radical (unpaired) electrons. The standard InChI is InChI=1S/C16H22F2N4O2S/c1-11(2)12-3-5-13(6-4-12)15(19)8-21-25(23,24)14-7-20-22(9-14)10-16(17)18/h3-7,9,11,15-16,21H,8,10,19H2,1-2H3. The summed E-state index contributed by atoms with van der Waals surface area (Å²) in [4.78, 5) is -0.171. The number of hydrogen-bond acceptors (Lipinski definition) is 4. The number of sulfonamides is 1. The molecule has 6 nitrogen and oxygen atoms in total. The molecule has 0 aliphatic rings. The van der Waals surface area contributed by atoms with E-state index in [1.807, 2.05) is 24.3 Å². The van der Waals surface area contributed by atoms with Gasteiger partial charge < -0.3 is 5.73 Å². The van der Waals surface area contributed by atoms with E-state index in [-0.39, 0.29) is 11.4 Å². The van der Waals surface area contributed by atoms with Crippen molar-refractivity contribution in [3.63, 3.8) is 0 Å². The molecule has 2 aromatic rings. The fraction of sp³-hybridized carbons (Fsp3) is 0.438. The molecule has 0 saturated carbocycles. The zero-order valence-corrected chi connectivity index (χ0v) is 14.9. The molecule has 1 atom stereocenters. The number of benzene rings is 1. The van der Waals surface area contributed by atoms with Gasteiger partial charge in [0.15, 0.2) is 0 Å². The Morgan fingerprint density at radius 1 is 1.20 bits per heavy atom. The minimum absolute atomic E-state index is 0.0105. The van der Waals surface area contributed by atoms with Crippen LogP contribution < -0.4 is 10.5 Å². The third kappa shape index (κ3) is 5.32. The van der Waals surface area contributed by atoms with Crippen molar-refractivity contribution in [3.8, 4) is 0 Å². The fourth-order valence-corrected chi connectivity index (χ4v) is 3.27. The predicted molar refractivity (Wildman–Crippen MR) is 90.9 cm³/mol. The molecule has 0 spiro atoms. The molecule has 0 saturated heterocycles. The highest BCUT2D eigenvalue weighted by Gasteiger charge is 2.19. The van der Waals surface area contributed by atoms with E-state index < -0.39 is 29.0 Å². The Labute approximate surface area is 146 Å². The summed E-state index contributed by atoms with van der Waals surface area (Å²) in [6, 6.07) is 7.14. The summed E-state index contributed by atoms with van der Waals surface area (Å²) in [7, 11) is -3.86. The number of hydrogen-bond donors (Lipinski definition) is 2. The molecule has 0 fully saturated rings. The van der Waals surface area contributed by atoms with Gasteiger partial charge in [0.25, 0.3) is 6.43 Å². The molecule has 25 heavy (non-hydrogen) atoms. The first-order chi connectivity index (χ1) is 11.7. The second-order valence-corrected chi connectivity index (χ2v) is 7.84. The summed E-state index contributed by atoms with van der Waals surface area (Å²) < 4.78 is 52.3. The van der Waals surface area contributed by atoms with Crippen molar-refractivity contribution in [1.82, 2.24) is 14.5 Å². The number of nitrogens with two attached hydrogens (primary N) is 1. The summed E-state index contributed by atoms with van der Waals surface area (Å²) in [5.41, 5.74) is 8.01. The van der Waals surface area contributed by atoms with E-state index >= 15 is 0 Å². The first-order valence-electron chi connectivity index (χ1n) is 7.84. The summed E-state index contributed by atoms with van der Waals surface area (Å²) in [5, 5.41) is 3.62. The second-order valence-electron chi connectivity index (χ2n) is 6.07. The van der Waals surface area contributed by atoms with Gasteiger partial charge in [0.05, 0.1) is 6.20 Å². The minimum Gasteiger partial charge on any atom is -0.323 e. The van der Waals surface area contributed by atoms with Crippen molar-refractivity contribution in [2.24, 2.45) is 5.73 Å². The quantitative estimate of drug-likeness (QED) is 0.744. The maximum Gasteiger partial charge on any atom is 0.257 e. The second kappa shape index (κ2) is 8.03. The number of rotatable bonds is 8. The highest BCUT2D eigenvalue weighted by molar-refractivity contribution is 7.89. The lowest BCUT2D eigenvalue weighted by molar-refractivity contribution is 0.121. The van der Waals surface area contributed by atoms with Gasteiger partial charge in [0, 0.05) is 18.8 Å². The maximum absolute atomic E-state index is 12.3. The van der Waals surface area contributed by atoms with Gasteiger partial charge in [-0.05, 0) is 17.0 Å². The van der Waals surface area contributed by atoms with Crippen LogP contribution in [-0.4, -0.2) is 31.2 Å². The lowest BCUT2D eigenvalue weighted by Crippen LogP contribution is -2.31. The number of aromatic nitrogens is 2. The van der Waals surface area contributed by atoms with Crippen LogP contribution in [0.1, 0.15) is 36.9 Å². The van der Waals surface area contributed by atoms with Crippen LogP contribution in [0.3, 0.4) is 0 Å². The predicted octanol–water partition coefficient (Wildman–Crippen LogP) is 2.25. The average molecular weight is 372 g/mol. The molecular weight excluding hydrogens is 350 g/mol. The van der Waals surface area contributed by atoms with Gasteiger partial charge in [0.1, 0.15) is 11.4 Å². The molecule has 0 aliphatic carbocycles. The monoisotopic (exact) mass is 372 g/mol. The zero-order valence-electron chi connectivity index (χ0n) is 14.1. The van der Waals surface area contributed by atoms with E-state index in [4.69, 9.17) is 5.73 Å². The Morgan fingerprint density at radius 2 is 1.80 bits per heavy atom. The van der Waals surface area contributed by atoms with Crippen molar-refractivity contribution in [1.29, 1.82) is 0 Å². The van der Waals surface area contributed by atoms with E-state index in [0.717, 1.165) is 22.6 Å². The van der Waals surface area contributed by atoms with Crippen LogP contribution >= 0.6 is 0 Å². The number of nitrogens with one attached hydrogen (secondary N) is 1. The first-order valence-corrected chi connectivity index (χ1v) is 9.33. The van der Waals surface area contributed by atoms with Crippen LogP contribution in [0.2, 0.25) is 0 Å². The van der Waals surface area contributed by atoms with Crippen LogP contribution in [0.4, 0.5) is 8.78 Å². The van der Waals surface area contributed by atoms with Crippen LogP contribution in [0.5, 0.6) is 0 Å². The summed E-state index contributed by atoms with van der Waals surface area (Å²) in [6.07, 6.45) is -0.504. The van der Waals surface area contributed by atoms with E-state index in [2.05, 4.69) is 23.7 Å². The normalized spacial score (nSPS) is 13.6. The van der Waals surface area contributed by atoms with Crippen LogP contribution in [-0.2, 0) is 16.6 Å². The molecule has 0 amide bonds.